The number of carbonyl (C=O) groups excluding carboxylic acids is 2. The van der Waals surface area contributed by atoms with Gasteiger partial charge in [-0.15, -0.1) is 0 Å². The Morgan fingerprint density at radius 3 is 2.44 bits per heavy atom. The molecule has 3 N–H and O–H groups in total. The van der Waals surface area contributed by atoms with Crippen molar-refractivity contribution in [1.82, 2.24) is 25.1 Å². The number of H-pyrrole nitrogens is 1. The number of halogens is 1. The Kier molecular flexibility index (Phi) is 5.16. The molecular weight excluding hydrogens is 430 g/mol. The van der Waals surface area contributed by atoms with Gasteiger partial charge in [-0.1, -0.05) is 29.8 Å². The summed E-state index contributed by atoms with van der Waals surface area (Å²) in [6, 6.07) is 14.8. The first-order valence-electron chi connectivity index (χ1n) is 9.97. The average molecular weight is 448 g/mol. The number of hydrogen-bond donors (Lipinski definition) is 3. The van der Waals surface area contributed by atoms with Gasteiger partial charge in [-0.2, -0.15) is 5.10 Å². The maximum atomic E-state index is 11.8. The lowest BCUT2D eigenvalue weighted by atomic mass is 10.2. The van der Waals surface area contributed by atoms with Gasteiger partial charge in [-0.05, 0) is 35.9 Å². The Morgan fingerprint density at radius 2 is 1.69 bits per heavy atom. The van der Waals surface area contributed by atoms with Crippen LogP contribution in [0.15, 0.2) is 54.9 Å². The molecule has 2 aromatic carbocycles. The van der Waals surface area contributed by atoms with Crippen LogP contribution in [0.3, 0.4) is 0 Å². The summed E-state index contributed by atoms with van der Waals surface area (Å²) in [6.07, 6.45) is 2.03. The molecule has 1 fully saturated rings. The molecule has 2 aromatic heterocycles. The van der Waals surface area contributed by atoms with Crippen LogP contribution in [-0.2, 0) is 16.1 Å². The maximum Gasteiger partial charge on any atom is 0.229 e. The molecule has 0 spiro atoms. The topological polar surface area (TPSA) is 116 Å². The number of imide groups is 1. The third kappa shape index (κ3) is 3.97. The zero-order valence-electron chi connectivity index (χ0n) is 16.8. The van der Waals surface area contributed by atoms with E-state index < -0.39 is 0 Å². The SMILES string of the molecule is O=C1CCC(=O)N1Cc1ccc(Nc2n[nH]c3ncnc(Nc4cccc(Cl)c4)c23)cc1. The number of aromatic nitrogens is 4. The lowest BCUT2D eigenvalue weighted by molar-refractivity contribution is -0.139. The Hall–Kier alpha value is -3.98. The first kappa shape index (κ1) is 20.0. The van der Waals surface area contributed by atoms with E-state index in [0.717, 1.165) is 16.9 Å². The molecule has 160 valence electrons. The second-order valence-corrected chi connectivity index (χ2v) is 7.79. The van der Waals surface area contributed by atoms with Crippen LogP contribution in [0.5, 0.6) is 0 Å². The fourth-order valence-corrected chi connectivity index (χ4v) is 3.75. The fourth-order valence-electron chi connectivity index (χ4n) is 3.56. The highest BCUT2D eigenvalue weighted by Gasteiger charge is 2.28. The highest BCUT2D eigenvalue weighted by atomic mass is 35.5. The molecule has 0 saturated carbocycles. The molecule has 1 saturated heterocycles. The minimum absolute atomic E-state index is 0.125. The molecule has 0 bridgehead atoms. The van der Waals surface area contributed by atoms with Crippen molar-refractivity contribution in [2.75, 3.05) is 10.6 Å². The quantitative estimate of drug-likeness (QED) is 0.380. The van der Waals surface area contributed by atoms with Crippen LogP contribution >= 0.6 is 11.6 Å². The van der Waals surface area contributed by atoms with Gasteiger partial charge < -0.3 is 10.6 Å². The summed E-state index contributed by atoms with van der Waals surface area (Å²) >= 11 is 6.09. The minimum atomic E-state index is -0.125. The van der Waals surface area contributed by atoms with Crippen molar-refractivity contribution in [1.29, 1.82) is 0 Å². The Labute approximate surface area is 187 Å². The van der Waals surface area contributed by atoms with Crippen molar-refractivity contribution in [2.45, 2.75) is 19.4 Å². The number of anilines is 4. The lowest BCUT2D eigenvalue weighted by Crippen LogP contribution is -2.28. The molecule has 3 heterocycles. The van der Waals surface area contributed by atoms with Crippen molar-refractivity contribution < 1.29 is 9.59 Å². The van der Waals surface area contributed by atoms with Gasteiger partial charge in [-0.3, -0.25) is 19.6 Å². The number of likely N-dealkylation sites (tertiary alicyclic amines) is 1. The van der Waals surface area contributed by atoms with Gasteiger partial charge >= 0.3 is 0 Å². The van der Waals surface area contributed by atoms with E-state index in [1.165, 1.54) is 11.2 Å². The summed E-state index contributed by atoms with van der Waals surface area (Å²) in [5.41, 5.74) is 3.03. The number of rotatable bonds is 6. The van der Waals surface area contributed by atoms with Crippen LogP contribution in [-0.4, -0.2) is 36.9 Å². The van der Waals surface area contributed by atoms with Gasteiger partial charge in [0.1, 0.15) is 17.5 Å². The monoisotopic (exact) mass is 447 g/mol. The number of benzene rings is 2. The summed E-state index contributed by atoms with van der Waals surface area (Å²) in [6.45, 7) is 0.283. The highest BCUT2D eigenvalue weighted by molar-refractivity contribution is 6.30. The summed E-state index contributed by atoms with van der Waals surface area (Å²) in [5.74, 6) is 0.888. The van der Waals surface area contributed by atoms with Crippen molar-refractivity contribution >= 4 is 57.5 Å². The number of carbonyl (C=O) groups is 2. The molecule has 0 aliphatic carbocycles. The summed E-state index contributed by atoms with van der Waals surface area (Å²) in [4.78, 5) is 33.6. The molecule has 5 rings (SSSR count). The van der Waals surface area contributed by atoms with E-state index in [-0.39, 0.29) is 18.4 Å². The van der Waals surface area contributed by atoms with Gasteiger partial charge in [0.25, 0.3) is 0 Å². The number of amides is 2. The number of nitrogens with zero attached hydrogens (tertiary/aromatic N) is 4. The van der Waals surface area contributed by atoms with E-state index in [9.17, 15) is 9.59 Å². The zero-order valence-corrected chi connectivity index (χ0v) is 17.6. The van der Waals surface area contributed by atoms with Gasteiger partial charge in [0, 0.05) is 29.2 Å². The normalized spacial score (nSPS) is 13.7. The Bertz CT molecular complexity index is 1300. The lowest BCUT2D eigenvalue weighted by Gasteiger charge is -2.14. The van der Waals surface area contributed by atoms with E-state index >= 15 is 0 Å². The standard InChI is InChI=1S/C22H18ClN7O2/c23-14-2-1-3-16(10-14)27-20-19-21(25-12-24-20)28-29-22(19)26-15-6-4-13(5-7-15)11-30-17(31)8-9-18(30)32/h1-7,10,12H,8-9,11H2,(H3,24,25,26,27,28,29). The molecule has 10 heteroatoms. The maximum absolute atomic E-state index is 11.8. The molecule has 1 aliphatic rings. The van der Waals surface area contributed by atoms with Gasteiger partial charge in [0.15, 0.2) is 11.5 Å². The van der Waals surface area contributed by atoms with E-state index in [2.05, 4.69) is 30.8 Å². The minimum Gasteiger partial charge on any atom is -0.339 e. The third-order valence-electron chi connectivity index (χ3n) is 5.16. The molecule has 0 unspecified atom stereocenters. The van der Waals surface area contributed by atoms with Crippen LogP contribution in [0.2, 0.25) is 5.02 Å². The molecule has 0 radical (unpaired) electrons. The number of aromatic amines is 1. The van der Waals surface area contributed by atoms with Crippen LogP contribution in [0.25, 0.3) is 11.0 Å². The predicted molar refractivity (Wildman–Crippen MR) is 121 cm³/mol. The van der Waals surface area contributed by atoms with E-state index in [0.29, 0.717) is 40.5 Å². The van der Waals surface area contributed by atoms with E-state index in [4.69, 9.17) is 11.6 Å². The molecule has 32 heavy (non-hydrogen) atoms. The largest absolute Gasteiger partial charge is 0.339 e. The second kappa shape index (κ2) is 8.27. The van der Waals surface area contributed by atoms with Crippen molar-refractivity contribution in [3.63, 3.8) is 0 Å². The molecule has 0 atom stereocenters. The van der Waals surface area contributed by atoms with Crippen LogP contribution in [0.4, 0.5) is 23.0 Å². The number of hydrogen-bond acceptors (Lipinski definition) is 7. The molecule has 4 aromatic rings. The number of fused-ring (bicyclic) bond motifs is 1. The van der Waals surface area contributed by atoms with E-state index in [1.54, 1.807) is 12.1 Å². The predicted octanol–water partition coefficient (Wildman–Crippen LogP) is 4.14. The van der Waals surface area contributed by atoms with Gasteiger partial charge in [0.05, 0.1) is 6.54 Å². The average Bonchev–Trinajstić information content (AvgIpc) is 3.34. The van der Waals surface area contributed by atoms with E-state index in [1.807, 2.05) is 36.4 Å². The molecule has 9 nitrogen and oxygen atoms in total. The highest BCUT2D eigenvalue weighted by Crippen LogP contribution is 2.30. The summed E-state index contributed by atoms with van der Waals surface area (Å²) in [5, 5.41) is 15.1. The fraction of sp³-hybridized carbons (Fsp3) is 0.136. The summed E-state index contributed by atoms with van der Waals surface area (Å²) < 4.78 is 0. The van der Waals surface area contributed by atoms with Crippen molar-refractivity contribution in [3.8, 4) is 0 Å². The van der Waals surface area contributed by atoms with Crippen molar-refractivity contribution in [2.24, 2.45) is 0 Å². The third-order valence-corrected chi connectivity index (χ3v) is 5.39. The summed E-state index contributed by atoms with van der Waals surface area (Å²) in [7, 11) is 0. The molecule has 1 aliphatic heterocycles. The van der Waals surface area contributed by atoms with Gasteiger partial charge in [-0.25, -0.2) is 9.97 Å². The van der Waals surface area contributed by atoms with Crippen LogP contribution in [0, 0.1) is 0 Å². The smallest absolute Gasteiger partial charge is 0.229 e. The van der Waals surface area contributed by atoms with Crippen LogP contribution in [0.1, 0.15) is 18.4 Å². The zero-order chi connectivity index (χ0) is 22.1. The van der Waals surface area contributed by atoms with Crippen LogP contribution < -0.4 is 10.6 Å². The molecule has 2 amide bonds. The Morgan fingerprint density at radius 1 is 0.938 bits per heavy atom. The Balaban J connectivity index is 1.37. The van der Waals surface area contributed by atoms with Crippen molar-refractivity contribution in [3.05, 3.63) is 65.4 Å². The molecular formula is C22H18ClN7O2. The van der Waals surface area contributed by atoms with Gasteiger partial charge in [0.2, 0.25) is 11.8 Å². The number of nitrogens with one attached hydrogen (secondary N) is 3. The first-order chi connectivity index (χ1) is 15.6. The second-order valence-electron chi connectivity index (χ2n) is 7.35. The first-order valence-corrected chi connectivity index (χ1v) is 10.4.